The molecule has 3 unspecified atom stereocenters. The number of likely N-dealkylation sites (tertiary alicyclic amines) is 1. The maximum Gasteiger partial charge on any atom is 0.259 e. The summed E-state index contributed by atoms with van der Waals surface area (Å²) in [5.74, 6) is 0.561. The fraction of sp³-hybridized carbons (Fsp3) is 0.423. The fourth-order valence-electron chi connectivity index (χ4n) is 4.85. The lowest BCUT2D eigenvalue weighted by molar-refractivity contribution is -0.130. The lowest BCUT2D eigenvalue weighted by atomic mass is 9.84. The molecule has 1 aliphatic heterocycles. The average Bonchev–Trinajstić information content (AvgIpc) is 3.23. The molecule has 2 aromatic carbocycles. The summed E-state index contributed by atoms with van der Waals surface area (Å²) in [5.41, 5.74) is 1.25. The van der Waals surface area contributed by atoms with Crippen LogP contribution < -0.4 is 10.1 Å². The van der Waals surface area contributed by atoms with Gasteiger partial charge in [0.05, 0.1) is 0 Å². The number of hydrogen-bond donors (Lipinski definition) is 1. The first-order valence-corrected chi connectivity index (χ1v) is 11.6. The van der Waals surface area contributed by atoms with Crippen LogP contribution in [0.2, 0.25) is 0 Å². The second kappa shape index (κ2) is 10.1. The Balaban J connectivity index is 1.45. The van der Waals surface area contributed by atoms with Crippen LogP contribution in [0.3, 0.4) is 0 Å². The number of anilines is 1. The average molecular weight is 450 g/mol. The molecule has 4 rings (SSSR count). The van der Waals surface area contributed by atoms with Crippen molar-refractivity contribution in [3.63, 3.8) is 0 Å². The monoisotopic (exact) mass is 449 g/mol. The Hall–Kier alpha value is -3.35. The van der Waals surface area contributed by atoms with Crippen LogP contribution in [0.4, 0.5) is 5.69 Å². The number of rotatable bonds is 6. The van der Waals surface area contributed by atoms with Gasteiger partial charge in [0.15, 0.2) is 6.61 Å². The Bertz CT molecular complexity index is 990. The van der Waals surface area contributed by atoms with Crippen molar-refractivity contribution < 1.29 is 19.1 Å². The van der Waals surface area contributed by atoms with Gasteiger partial charge in [-0.25, -0.2) is 0 Å². The van der Waals surface area contributed by atoms with E-state index in [9.17, 15) is 14.4 Å². The molecule has 0 aromatic heterocycles. The van der Waals surface area contributed by atoms with Gasteiger partial charge in [0, 0.05) is 31.4 Å². The molecule has 2 fully saturated rings. The lowest BCUT2D eigenvalue weighted by Crippen LogP contribution is -2.47. The zero-order chi connectivity index (χ0) is 23.4. The van der Waals surface area contributed by atoms with Crippen molar-refractivity contribution in [2.24, 2.45) is 5.92 Å². The number of nitrogens with one attached hydrogen (secondary N) is 1. The fourth-order valence-corrected chi connectivity index (χ4v) is 4.85. The first-order chi connectivity index (χ1) is 15.9. The van der Waals surface area contributed by atoms with Crippen LogP contribution in [0.1, 0.15) is 42.5 Å². The van der Waals surface area contributed by atoms with Crippen LogP contribution in [-0.2, 0) is 9.59 Å². The molecule has 0 radical (unpaired) electrons. The van der Waals surface area contributed by atoms with Crippen molar-refractivity contribution in [1.29, 1.82) is 0 Å². The Labute approximate surface area is 194 Å². The van der Waals surface area contributed by atoms with Gasteiger partial charge in [-0.1, -0.05) is 31.0 Å². The second-order valence-electron chi connectivity index (χ2n) is 9.03. The standard InChI is InChI=1S/C26H31N3O4/c1-28(2)24(30)17-33-21-14-12-20(13-15-21)27-25(31)23-16-19-10-6-7-11-22(19)29(23)26(32)18-8-4-3-5-9-18/h3-5,8-9,12-15,19,22-23H,6-7,10-11,16-17H2,1-2H3,(H,27,31). The molecule has 1 aliphatic carbocycles. The predicted octanol–water partition coefficient (Wildman–Crippen LogP) is 3.57. The third kappa shape index (κ3) is 5.18. The predicted molar refractivity (Wildman–Crippen MR) is 126 cm³/mol. The van der Waals surface area contributed by atoms with Gasteiger partial charge in [-0.15, -0.1) is 0 Å². The largest absolute Gasteiger partial charge is 0.484 e. The van der Waals surface area contributed by atoms with E-state index in [1.165, 1.54) is 4.90 Å². The summed E-state index contributed by atoms with van der Waals surface area (Å²) in [6.07, 6.45) is 4.95. The molecule has 0 bridgehead atoms. The molecule has 3 atom stereocenters. The summed E-state index contributed by atoms with van der Waals surface area (Å²) in [6, 6.07) is 15.8. The quantitative estimate of drug-likeness (QED) is 0.731. The van der Waals surface area contributed by atoms with Crippen molar-refractivity contribution in [2.45, 2.75) is 44.2 Å². The first kappa shape index (κ1) is 22.8. The minimum Gasteiger partial charge on any atom is -0.484 e. The van der Waals surface area contributed by atoms with Gasteiger partial charge in [-0.05, 0) is 61.6 Å². The summed E-state index contributed by atoms with van der Waals surface area (Å²) in [6.45, 7) is -0.0416. The molecule has 0 spiro atoms. The second-order valence-corrected chi connectivity index (χ2v) is 9.03. The number of benzene rings is 2. The van der Waals surface area contributed by atoms with Crippen LogP contribution >= 0.6 is 0 Å². The van der Waals surface area contributed by atoms with Crippen molar-refractivity contribution in [2.75, 3.05) is 26.0 Å². The molecule has 174 valence electrons. The van der Waals surface area contributed by atoms with E-state index in [0.29, 0.717) is 29.3 Å². The van der Waals surface area contributed by atoms with Crippen LogP contribution in [0, 0.1) is 5.92 Å². The van der Waals surface area contributed by atoms with E-state index in [-0.39, 0.29) is 30.4 Å². The molecule has 1 heterocycles. The van der Waals surface area contributed by atoms with Gasteiger partial charge in [0.2, 0.25) is 5.91 Å². The number of ether oxygens (including phenoxy) is 1. The van der Waals surface area contributed by atoms with E-state index in [1.54, 1.807) is 38.4 Å². The number of hydrogen-bond acceptors (Lipinski definition) is 4. The van der Waals surface area contributed by atoms with Crippen molar-refractivity contribution in [3.8, 4) is 5.75 Å². The maximum absolute atomic E-state index is 13.4. The number of fused-ring (bicyclic) bond motifs is 1. The lowest BCUT2D eigenvalue weighted by Gasteiger charge is -2.33. The summed E-state index contributed by atoms with van der Waals surface area (Å²) in [4.78, 5) is 41.7. The first-order valence-electron chi connectivity index (χ1n) is 11.6. The normalized spacial score (nSPS) is 21.8. The zero-order valence-corrected chi connectivity index (χ0v) is 19.2. The van der Waals surface area contributed by atoms with Crippen LogP contribution in [-0.4, -0.2) is 60.3 Å². The molecular weight excluding hydrogens is 418 g/mol. The molecule has 7 heteroatoms. The SMILES string of the molecule is CN(C)C(=O)COc1ccc(NC(=O)C2CC3CCCCC3N2C(=O)c2ccccc2)cc1. The zero-order valence-electron chi connectivity index (χ0n) is 19.2. The minimum absolute atomic E-state index is 0.0416. The molecular formula is C26H31N3O4. The van der Waals surface area contributed by atoms with Crippen molar-refractivity contribution >= 4 is 23.4 Å². The van der Waals surface area contributed by atoms with Gasteiger partial charge in [0.25, 0.3) is 11.8 Å². The van der Waals surface area contributed by atoms with E-state index in [1.807, 2.05) is 35.2 Å². The highest BCUT2D eigenvalue weighted by atomic mass is 16.5. The van der Waals surface area contributed by atoms with Gasteiger partial charge in [0.1, 0.15) is 11.8 Å². The van der Waals surface area contributed by atoms with Crippen LogP contribution in [0.25, 0.3) is 0 Å². The van der Waals surface area contributed by atoms with Gasteiger partial charge < -0.3 is 19.9 Å². The van der Waals surface area contributed by atoms with Gasteiger partial charge >= 0.3 is 0 Å². The highest BCUT2D eigenvalue weighted by molar-refractivity contribution is 6.01. The summed E-state index contributed by atoms with van der Waals surface area (Å²) in [7, 11) is 3.35. The van der Waals surface area contributed by atoms with Crippen LogP contribution in [0.15, 0.2) is 54.6 Å². The maximum atomic E-state index is 13.4. The highest BCUT2D eigenvalue weighted by Gasteiger charge is 2.47. The molecule has 3 amide bonds. The molecule has 33 heavy (non-hydrogen) atoms. The molecule has 7 nitrogen and oxygen atoms in total. The Kier molecular flexibility index (Phi) is 6.96. The summed E-state index contributed by atoms with van der Waals surface area (Å²) < 4.78 is 5.49. The topological polar surface area (TPSA) is 79.0 Å². The minimum atomic E-state index is -0.487. The van der Waals surface area contributed by atoms with Gasteiger partial charge in [-0.3, -0.25) is 14.4 Å². The third-order valence-electron chi connectivity index (χ3n) is 6.63. The van der Waals surface area contributed by atoms with E-state index in [4.69, 9.17) is 4.74 Å². The molecule has 1 N–H and O–H groups in total. The van der Waals surface area contributed by atoms with E-state index in [0.717, 1.165) is 25.7 Å². The number of likely N-dealkylation sites (N-methyl/N-ethyl adjacent to an activating group) is 1. The number of carbonyl (C=O) groups is 3. The number of amides is 3. The molecule has 1 saturated carbocycles. The van der Waals surface area contributed by atoms with Gasteiger partial charge in [-0.2, -0.15) is 0 Å². The van der Waals surface area contributed by atoms with Crippen LogP contribution in [0.5, 0.6) is 5.75 Å². The molecule has 2 aliphatic rings. The molecule has 2 aromatic rings. The number of carbonyl (C=O) groups excluding carboxylic acids is 3. The summed E-state index contributed by atoms with van der Waals surface area (Å²) in [5, 5.41) is 2.98. The Morgan fingerprint density at radius 1 is 1.00 bits per heavy atom. The van der Waals surface area contributed by atoms with E-state index in [2.05, 4.69) is 5.32 Å². The van der Waals surface area contributed by atoms with E-state index < -0.39 is 6.04 Å². The highest BCUT2D eigenvalue weighted by Crippen LogP contribution is 2.40. The summed E-state index contributed by atoms with van der Waals surface area (Å²) >= 11 is 0. The Morgan fingerprint density at radius 2 is 1.70 bits per heavy atom. The Morgan fingerprint density at radius 3 is 2.39 bits per heavy atom. The third-order valence-corrected chi connectivity index (χ3v) is 6.63. The van der Waals surface area contributed by atoms with Crippen molar-refractivity contribution in [3.05, 3.63) is 60.2 Å². The smallest absolute Gasteiger partial charge is 0.259 e. The number of nitrogens with zero attached hydrogens (tertiary/aromatic N) is 2. The van der Waals surface area contributed by atoms with E-state index >= 15 is 0 Å². The van der Waals surface area contributed by atoms with Crippen molar-refractivity contribution in [1.82, 2.24) is 9.80 Å². The molecule has 1 saturated heterocycles.